The molecule has 0 fully saturated rings. The standard InChI is InChI=1S/C25H22N4O5/c1-13-7-6-8-15(9-13)29-23-20(14(2)27-29)21-17(12-26-23)24(30)28(25(21)31)16-10-18(32-3)22(34-5)19(11-16)33-4/h6-12H,1-5H3. The van der Waals surface area contributed by atoms with E-state index in [1.165, 1.54) is 27.5 Å². The quantitative estimate of drug-likeness (QED) is 0.419. The first-order valence-electron chi connectivity index (χ1n) is 10.5. The molecule has 0 radical (unpaired) electrons. The lowest BCUT2D eigenvalue weighted by Crippen LogP contribution is -2.29. The largest absolute Gasteiger partial charge is 0.493 e. The first-order chi connectivity index (χ1) is 16.4. The number of fused-ring (bicyclic) bond motifs is 3. The van der Waals surface area contributed by atoms with Crippen molar-refractivity contribution >= 4 is 28.5 Å². The molecule has 0 spiro atoms. The van der Waals surface area contributed by atoms with Crippen molar-refractivity contribution < 1.29 is 23.8 Å². The molecule has 0 aliphatic carbocycles. The van der Waals surface area contributed by atoms with Crippen LogP contribution in [0.5, 0.6) is 17.2 Å². The number of pyridine rings is 1. The minimum atomic E-state index is -0.480. The highest BCUT2D eigenvalue weighted by Gasteiger charge is 2.40. The van der Waals surface area contributed by atoms with Crippen LogP contribution < -0.4 is 19.1 Å². The number of aryl methyl sites for hydroxylation is 2. The monoisotopic (exact) mass is 458 g/mol. The third-order valence-corrected chi connectivity index (χ3v) is 5.88. The molecule has 0 unspecified atom stereocenters. The van der Waals surface area contributed by atoms with E-state index < -0.39 is 11.8 Å². The number of nitrogens with zero attached hydrogens (tertiary/aromatic N) is 4. The zero-order chi connectivity index (χ0) is 24.1. The van der Waals surface area contributed by atoms with E-state index in [0.717, 1.165) is 16.2 Å². The van der Waals surface area contributed by atoms with E-state index in [-0.39, 0.29) is 11.1 Å². The van der Waals surface area contributed by atoms with Gasteiger partial charge in [-0.2, -0.15) is 5.10 Å². The molecule has 1 aliphatic heterocycles. The summed E-state index contributed by atoms with van der Waals surface area (Å²) in [5.41, 5.74) is 3.81. The molecule has 4 aromatic rings. The lowest BCUT2D eigenvalue weighted by molar-refractivity contribution is 0.0926. The highest BCUT2D eigenvalue weighted by Crippen LogP contribution is 2.43. The molecule has 0 atom stereocenters. The Morgan fingerprint density at radius 1 is 0.853 bits per heavy atom. The molecule has 172 valence electrons. The van der Waals surface area contributed by atoms with Crippen LogP contribution in [0.25, 0.3) is 16.7 Å². The number of carbonyl (C=O) groups excluding carboxylic acids is 2. The van der Waals surface area contributed by atoms with Crippen LogP contribution in [0, 0.1) is 13.8 Å². The second-order valence-electron chi connectivity index (χ2n) is 7.91. The molecule has 0 bridgehead atoms. The smallest absolute Gasteiger partial charge is 0.267 e. The molecule has 9 nitrogen and oxygen atoms in total. The number of anilines is 1. The molecule has 1 aliphatic rings. The molecular weight excluding hydrogens is 436 g/mol. The maximum Gasteiger partial charge on any atom is 0.267 e. The highest BCUT2D eigenvalue weighted by molar-refractivity contribution is 6.37. The van der Waals surface area contributed by atoms with Crippen molar-refractivity contribution in [3.63, 3.8) is 0 Å². The lowest BCUT2D eigenvalue weighted by Gasteiger charge is -2.18. The molecule has 0 saturated heterocycles. The van der Waals surface area contributed by atoms with Gasteiger partial charge in [-0.25, -0.2) is 14.6 Å². The molecule has 0 N–H and O–H groups in total. The number of methoxy groups -OCH3 is 3. The van der Waals surface area contributed by atoms with E-state index in [9.17, 15) is 9.59 Å². The molecule has 3 heterocycles. The number of carbonyl (C=O) groups is 2. The van der Waals surface area contributed by atoms with Gasteiger partial charge in [-0.05, 0) is 31.5 Å². The lowest BCUT2D eigenvalue weighted by atomic mass is 10.1. The fourth-order valence-corrected chi connectivity index (χ4v) is 4.33. The summed E-state index contributed by atoms with van der Waals surface area (Å²) in [6.45, 7) is 3.79. The Morgan fingerprint density at radius 2 is 1.56 bits per heavy atom. The van der Waals surface area contributed by atoms with Crippen LogP contribution in [-0.2, 0) is 0 Å². The van der Waals surface area contributed by atoms with Crippen molar-refractivity contribution in [1.29, 1.82) is 0 Å². The summed E-state index contributed by atoms with van der Waals surface area (Å²) in [4.78, 5) is 32.6. The third kappa shape index (κ3) is 3.01. The number of aromatic nitrogens is 3. The first-order valence-corrected chi connectivity index (χ1v) is 10.5. The highest BCUT2D eigenvalue weighted by atomic mass is 16.5. The SMILES string of the molecule is COc1cc(N2C(=O)c3cnc4c(c(C)nn4-c4cccc(C)c4)c3C2=O)cc(OC)c1OC. The van der Waals surface area contributed by atoms with Gasteiger partial charge in [0.25, 0.3) is 11.8 Å². The zero-order valence-electron chi connectivity index (χ0n) is 19.4. The number of hydrogen-bond acceptors (Lipinski definition) is 7. The summed E-state index contributed by atoms with van der Waals surface area (Å²) < 4.78 is 17.8. The maximum atomic E-state index is 13.7. The number of rotatable bonds is 5. The van der Waals surface area contributed by atoms with Crippen LogP contribution in [-0.4, -0.2) is 47.9 Å². The van der Waals surface area contributed by atoms with E-state index in [0.29, 0.717) is 39.7 Å². The van der Waals surface area contributed by atoms with Crippen molar-refractivity contribution in [2.45, 2.75) is 13.8 Å². The van der Waals surface area contributed by atoms with Crippen molar-refractivity contribution in [3.8, 4) is 22.9 Å². The molecule has 5 rings (SSSR count). The summed E-state index contributed by atoms with van der Waals surface area (Å²) in [5, 5.41) is 5.18. The minimum absolute atomic E-state index is 0.221. The van der Waals surface area contributed by atoms with E-state index in [1.807, 2.05) is 31.2 Å². The Kier molecular flexibility index (Phi) is 4.97. The average molecular weight is 458 g/mol. The molecule has 9 heteroatoms. The Balaban J connectivity index is 1.69. The van der Waals surface area contributed by atoms with Gasteiger partial charge in [0.2, 0.25) is 5.75 Å². The van der Waals surface area contributed by atoms with E-state index in [1.54, 1.807) is 23.7 Å². The molecule has 0 saturated carbocycles. The van der Waals surface area contributed by atoms with Gasteiger partial charge in [-0.1, -0.05) is 12.1 Å². The number of hydrogen-bond donors (Lipinski definition) is 0. The van der Waals surface area contributed by atoms with Crippen molar-refractivity contribution in [1.82, 2.24) is 14.8 Å². The Bertz CT molecular complexity index is 1470. The predicted molar refractivity (Wildman–Crippen MR) is 126 cm³/mol. The molecule has 34 heavy (non-hydrogen) atoms. The predicted octanol–water partition coefficient (Wildman–Crippen LogP) is 3.86. The molecule has 2 amide bonds. The fraction of sp³-hybridized carbons (Fsp3) is 0.200. The van der Waals surface area contributed by atoms with Crippen LogP contribution in [0.1, 0.15) is 32.0 Å². The van der Waals surface area contributed by atoms with Crippen LogP contribution >= 0.6 is 0 Å². The van der Waals surface area contributed by atoms with Gasteiger partial charge < -0.3 is 14.2 Å². The number of imide groups is 1. The summed E-state index contributed by atoms with van der Waals surface area (Å²) in [6.07, 6.45) is 1.43. The molecule has 2 aromatic heterocycles. The van der Waals surface area contributed by atoms with Gasteiger partial charge in [0.1, 0.15) is 0 Å². The Morgan fingerprint density at radius 3 is 2.18 bits per heavy atom. The van der Waals surface area contributed by atoms with Crippen molar-refractivity contribution in [2.24, 2.45) is 0 Å². The van der Waals surface area contributed by atoms with Gasteiger partial charge in [0.15, 0.2) is 17.1 Å². The maximum absolute atomic E-state index is 13.7. The zero-order valence-corrected chi connectivity index (χ0v) is 19.4. The van der Waals surface area contributed by atoms with Crippen LogP contribution in [0.4, 0.5) is 5.69 Å². The van der Waals surface area contributed by atoms with E-state index in [2.05, 4.69) is 10.1 Å². The molecule has 2 aromatic carbocycles. The summed E-state index contributed by atoms with van der Waals surface area (Å²) in [5.74, 6) is 0.0879. The summed E-state index contributed by atoms with van der Waals surface area (Å²) in [7, 11) is 4.43. The van der Waals surface area contributed by atoms with Crippen molar-refractivity contribution in [2.75, 3.05) is 26.2 Å². The number of ether oxygens (including phenoxy) is 3. The summed E-state index contributed by atoms with van der Waals surface area (Å²) >= 11 is 0. The van der Waals surface area contributed by atoms with Gasteiger partial charge in [0.05, 0.1) is 54.9 Å². The number of amides is 2. The van der Waals surface area contributed by atoms with E-state index >= 15 is 0 Å². The van der Waals surface area contributed by atoms with Crippen LogP contribution in [0.3, 0.4) is 0 Å². The number of benzene rings is 2. The van der Waals surface area contributed by atoms with Gasteiger partial charge in [0, 0.05) is 18.3 Å². The van der Waals surface area contributed by atoms with Gasteiger partial charge in [-0.15, -0.1) is 0 Å². The van der Waals surface area contributed by atoms with Crippen LogP contribution in [0.15, 0.2) is 42.6 Å². The Hall–Kier alpha value is -4.40. The van der Waals surface area contributed by atoms with E-state index in [4.69, 9.17) is 14.2 Å². The van der Waals surface area contributed by atoms with Gasteiger partial charge >= 0.3 is 0 Å². The molecular formula is C25H22N4O5. The van der Waals surface area contributed by atoms with Crippen molar-refractivity contribution in [3.05, 3.63) is 65.0 Å². The van der Waals surface area contributed by atoms with Gasteiger partial charge in [-0.3, -0.25) is 9.59 Å². The summed E-state index contributed by atoms with van der Waals surface area (Å²) in [6, 6.07) is 11.0. The minimum Gasteiger partial charge on any atom is -0.493 e. The second-order valence-corrected chi connectivity index (χ2v) is 7.91. The third-order valence-electron chi connectivity index (χ3n) is 5.88. The average Bonchev–Trinajstić information content (AvgIpc) is 3.31. The second kappa shape index (κ2) is 7.87. The normalized spacial score (nSPS) is 12.9. The van der Waals surface area contributed by atoms with Crippen LogP contribution in [0.2, 0.25) is 0 Å². The topological polar surface area (TPSA) is 95.8 Å². The fourth-order valence-electron chi connectivity index (χ4n) is 4.33. The first kappa shape index (κ1) is 21.4. The Labute approximate surface area is 195 Å².